The minimum Gasteiger partial charge on any atom is -0.392 e. The summed E-state index contributed by atoms with van der Waals surface area (Å²) < 4.78 is 0. The number of carbonyl (C=O) groups excluding carboxylic acids is 1. The lowest BCUT2D eigenvalue weighted by molar-refractivity contribution is 0.0827. The number of nitrogens with two attached hydrogens (primary N) is 1. The molecule has 114 valence electrons. The summed E-state index contributed by atoms with van der Waals surface area (Å²) >= 11 is 4.93. The number of hydrogen-bond donors (Lipinski definition) is 1. The van der Waals surface area contributed by atoms with Gasteiger partial charge < -0.3 is 15.5 Å². The van der Waals surface area contributed by atoms with Gasteiger partial charge >= 0.3 is 0 Å². The summed E-state index contributed by atoms with van der Waals surface area (Å²) in [5.74, 6) is 0.871. The summed E-state index contributed by atoms with van der Waals surface area (Å²) in [6.07, 6.45) is 1.64. The molecule has 0 spiro atoms. The van der Waals surface area contributed by atoms with Crippen molar-refractivity contribution in [2.24, 2.45) is 5.73 Å². The maximum atomic E-state index is 11.8. The van der Waals surface area contributed by atoms with E-state index in [1.54, 1.807) is 25.2 Å². The molecule has 0 saturated carbocycles. The number of pyridine rings is 1. The fraction of sp³-hybridized carbons (Fsp3) is 0.500. The van der Waals surface area contributed by atoms with Crippen LogP contribution in [0, 0.1) is 0 Å². The second-order valence-electron chi connectivity index (χ2n) is 5.33. The highest BCUT2D eigenvalue weighted by atomic mass is 32.1. The summed E-state index contributed by atoms with van der Waals surface area (Å²) in [5, 5.41) is 0. The molecular formula is C14H21N5OS. The van der Waals surface area contributed by atoms with Crippen LogP contribution in [0.25, 0.3) is 0 Å². The molecule has 1 aromatic heterocycles. The maximum absolute atomic E-state index is 11.8. The molecule has 7 heteroatoms. The first kappa shape index (κ1) is 15.7. The Labute approximate surface area is 130 Å². The van der Waals surface area contributed by atoms with Crippen molar-refractivity contribution in [3.05, 3.63) is 23.9 Å². The van der Waals surface area contributed by atoms with Crippen molar-refractivity contribution >= 4 is 28.9 Å². The fourth-order valence-corrected chi connectivity index (χ4v) is 2.50. The van der Waals surface area contributed by atoms with Crippen LogP contribution in [0.1, 0.15) is 10.4 Å². The highest BCUT2D eigenvalue weighted by Crippen LogP contribution is 2.14. The first-order chi connectivity index (χ1) is 9.97. The Hall–Kier alpha value is -1.73. The van der Waals surface area contributed by atoms with E-state index in [4.69, 9.17) is 18.0 Å². The number of piperazine rings is 1. The van der Waals surface area contributed by atoms with Gasteiger partial charge in [-0.1, -0.05) is 12.2 Å². The van der Waals surface area contributed by atoms with Gasteiger partial charge in [-0.2, -0.15) is 0 Å². The zero-order valence-corrected chi connectivity index (χ0v) is 13.3. The standard InChI is InChI=1S/C14H21N5OS/c1-17(2)14(20)11-3-4-13(16-9-11)19-7-5-18(6-8-19)10-12(15)21/h3-4,9H,5-8,10H2,1-2H3,(H2,15,21). The van der Waals surface area contributed by atoms with Crippen LogP contribution in [0.2, 0.25) is 0 Å². The molecule has 1 amide bonds. The largest absolute Gasteiger partial charge is 0.392 e. The Morgan fingerprint density at radius 2 is 2.00 bits per heavy atom. The Kier molecular flexibility index (Phi) is 5.08. The predicted molar refractivity (Wildman–Crippen MR) is 87.7 cm³/mol. The lowest BCUT2D eigenvalue weighted by Crippen LogP contribution is -2.48. The molecule has 0 bridgehead atoms. The molecule has 1 aromatic rings. The molecule has 2 rings (SSSR count). The minimum absolute atomic E-state index is 0.0321. The topological polar surface area (TPSA) is 65.7 Å². The Morgan fingerprint density at radius 3 is 2.48 bits per heavy atom. The molecule has 0 aliphatic carbocycles. The number of carbonyl (C=O) groups is 1. The lowest BCUT2D eigenvalue weighted by atomic mass is 10.2. The molecule has 1 aliphatic heterocycles. The van der Waals surface area contributed by atoms with E-state index in [1.165, 1.54) is 0 Å². The first-order valence-electron chi connectivity index (χ1n) is 6.90. The van der Waals surface area contributed by atoms with Crippen LogP contribution in [0.15, 0.2) is 18.3 Å². The summed E-state index contributed by atoms with van der Waals surface area (Å²) in [7, 11) is 3.47. The van der Waals surface area contributed by atoms with Crippen molar-refractivity contribution in [2.45, 2.75) is 0 Å². The van der Waals surface area contributed by atoms with Crippen LogP contribution in [-0.4, -0.2) is 72.5 Å². The molecule has 0 atom stereocenters. The number of anilines is 1. The highest BCUT2D eigenvalue weighted by Gasteiger charge is 2.18. The van der Waals surface area contributed by atoms with Crippen LogP contribution >= 0.6 is 12.2 Å². The number of aromatic nitrogens is 1. The van der Waals surface area contributed by atoms with Crippen LogP contribution in [0.5, 0.6) is 0 Å². The van der Waals surface area contributed by atoms with Gasteiger partial charge in [-0.05, 0) is 12.1 Å². The normalized spacial score (nSPS) is 15.8. The van der Waals surface area contributed by atoms with Gasteiger partial charge in [-0.25, -0.2) is 4.98 Å². The van der Waals surface area contributed by atoms with Crippen LogP contribution in [0.4, 0.5) is 5.82 Å². The minimum atomic E-state index is -0.0321. The Balaban J connectivity index is 1.95. The SMILES string of the molecule is CN(C)C(=O)c1ccc(N2CCN(CC(N)=S)CC2)nc1. The quantitative estimate of drug-likeness (QED) is 0.801. The van der Waals surface area contributed by atoms with Crippen LogP contribution < -0.4 is 10.6 Å². The van der Waals surface area contributed by atoms with E-state index in [9.17, 15) is 4.79 Å². The zero-order chi connectivity index (χ0) is 15.4. The molecule has 1 aliphatic rings. The average Bonchev–Trinajstić information content (AvgIpc) is 2.47. The maximum Gasteiger partial charge on any atom is 0.254 e. The molecular weight excluding hydrogens is 286 g/mol. The zero-order valence-electron chi connectivity index (χ0n) is 12.5. The van der Waals surface area contributed by atoms with Crippen molar-refractivity contribution in [1.29, 1.82) is 0 Å². The second-order valence-corrected chi connectivity index (χ2v) is 5.86. The van der Waals surface area contributed by atoms with Crippen molar-refractivity contribution in [3.63, 3.8) is 0 Å². The molecule has 1 saturated heterocycles. The van der Waals surface area contributed by atoms with Gasteiger partial charge in [0.15, 0.2) is 0 Å². The van der Waals surface area contributed by atoms with E-state index in [0.717, 1.165) is 32.0 Å². The first-order valence-corrected chi connectivity index (χ1v) is 7.31. The highest BCUT2D eigenvalue weighted by molar-refractivity contribution is 7.80. The van der Waals surface area contributed by atoms with E-state index in [-0.39, 0.29) is 5.91 Å². The monoisotopic (exact) mass is 307 g/mol. The van der Waals surface area contributed by atoms with Gasteiger partial charge in [0.1, 0.15) is 5.82 Å². The Morgan fingerprint density at radius 1 is 1.33 bits per heavy atom. The van der Waals surface area contributed by atoms with Crippen molar-refractivity contribution in [3.8, 4) is 0 Å². The third kappa shape index (κ3) is 4.12. The second kappa shape index (κ2) is 6.82. The number of hydrogen-bond acceptors (Lipinski definition) is 5. The van der Waals surface area contributed by atoms with Crippen molar-refractivity contribution in [1.82, 2.24) is 14.8 Å². The van der Waals surface area contributed by atoms with Crippen molar-refractivity contribution < 1.29 is 4.79 Å². The lowest BCUT2D eigenvalue weighted by Gasteiger charge is -2.35. The van der Waals surface area contributed by atoms with Gasteiger partial charge in [0, 0.05) is 53.0 Å². The number of thiocarbonyl (C=S) groups is 1. The summed E-state index contributed by atoms with van der Waals surface area (Å²) in [4.78, 5) is 22.7. The molecule has 0 radical (unpaired) electrons. The summed E-state index contributed by atoms with van der Waals surface area (Å²) in [6, 6.07) is 3.73. The third-order valence-corrected chi connectivity index (χ3v) is 3.61. The molecule has 6 nitrogen and oxygen atoms in total. The van der Waals surface area contributed by atoms with Crippen LogP contribution in [-0.2, 0) is 0 Å². The average molecular weight is 307 g/mol. The van der Waals surface area contributed by atoms with Crippen LogP contribution in [0.3, 0.4) is 0 Å². The van der Waals surface area contributed by atoms with Gasteiger partial charge in [0.2, 0.25) is 0 Å². The van der Waals surface area contributed by atoms with E-state index in [2.05, 4.69) is 14.8 Å². The van der Waals surface area contributed by atoms with Gasteiger partial charge in [0.25, 0.3) is 5.91 Å². The number of nitrogens with zero attached hydrogens (tertiary/aromatic N) is 4. The van der Waals surface area contributed by atoms with Crippen molar-refractivity contribution in [2.75, 3.05) is 51.7 Å². The smallest absolute Gasteiger partial charge is 0.254 e. The van der Waals surface area contributed by atoms with Gasteiger partial charge in [-0.3, -0.25) is 9.69 Å². The molecule has 0 aromatic carbocycles. The molecule has 0 unspecified atom stereocenters. The fourth-order valence-electron chi connectivity index (χ4n) is 2.31. The number of rotatable bonds is 4. The third-order valence-electron chi connectivity index (χ3n) is 3.48. The molecule has 1 fully saturated rings. The molecule has 2 heterocycles. The Bertz CT molecular complexity index is 509. The summed E-state index contributed by atoms with van der Waals surface area (Å²) in [6.45, 7) is 4.27. The van der Waals surface area contributed by atoms with E-state index in [0.29, 0.717) is 17.1 Å². The van der Waals surface area contributed by atoms with E-state index in [1.807, 2.05) is 12.1 Å². The predicted octanol–water partition coefficient (Wildman–Crippen LogP) is 0.192. The molecule has 2 N–H and O–H groups in total. The number of amides is 1. The van der Waals surface area contributed by atoms with Gasteiger partial charge in [0.05, 0.1) is 10.6 Å². The van der Waals surface area contributed by atoms with Gasteiger partial charge in [-0.15, -0.1) is 0 Å². The summed E-state index contributed by atoms with van der Waals surface area (Å²) in [5.41, 5.74) is 6.17. The van der Waals surface area contributed by atoms with E-state index >= 15 is 0 Å². The van der Waals surface area contributed by atoms with E-state index < -0.39 is 0 Å². The molecule has 21 heavy (non-hydrogen) atoms.